The van der Waals surface area contributed by atoms with Crippen LogP contribution in [-0.4, -0.2) is 74.6 Å². The van der Waals surface area contributed by atoms with Gasteiger partial charge in [-0.3, -0.25) is 4.99 Å². The van der Waals surface area contributed by atoms with E-state index >= 15 is 0 Å². The molecule has 0 spiro atoms. The molecule has 9 nitrogen and oxygen atoms in total. The van der Waals surface area contributed by atoms with Gasteiger partial charge in [0.25, 0.3) is 0 Å². The van der Waals surface area contributed by atoms with E-state index in [9.17, 15) is 8.42 Å². The van der Waals surface area contributed by atoms with E-state index in [0.29, 0.717) is 38.4 Å². The molecule has 10 heteroatoms. The van der Waals surface area contributed by atoms with E-state index in [4.69, 9.17) is 9.26 Å². The van der Waals surface area contributed by atoms with Crippen molar-refractivity contribution in [3.8, 4) is 5.75 Å². The Morgan fingerprint density at radius 3 is 2.53 bits per heavy atom. The van der Waals surface area contributed by atoms with Crippen LogP contribution in [0.2, 0.25) is 0 Å². The molecule has 1 N–H and O–H groups in total. The first-order valence-electron chi connectivity index (χ1n) is 9.93. The van der Waals surface area contributed by atoms with E-state index in [1.165, 1.54) is 16.1 Å². The predicted octanol–water partition coefficient (Wildman–Crippen LogP) is 1.47. The van der Waals surface area contributed by atoms with Crippen molar-refractivity contribution >= 4 is 16.0 Å². The SMILES string of the molecule is CN=C(NCC(C)Oc1ccc(C)cc1)N1CCN(S(=O)(=O)Cc2ccon2)CC1. The van der Waals surface area contributed by atoms with E-state index in [2.05, 4.69) is 20.4 Å². The van der Waals surface area contributed by atoms with Gasteiger partial charge in [-0.05, 0) is 26.0 Å². The molecule has 164 valence electrons. The number of aromatic nitrogens is 1. The van der Waals surface area contributed by atoms with Gasteiger partial charge in [0.05, 0.1) is 12.2 Å². The Labute approximate surface area is 177 Å². The molecular formula is C20H29N5O4S. The molecule has 1 atom stereocenters. The summed E-state index contributed by atoms with van der Waals surface area (Å²) in [7, 11) is -1.70. The lowest BCUT2D eigenvalue weighted by atomic mass is 10.2. The van der Waals surface area contributed by atoms with Gasteiger partial charge < -0.3 is 19.5 Å². The number of aryl methyl sites for hydroxylation is 1. The second kappa shape index (κ2) is 9.94. The molecule has 2 aromatic rings. The molecule has 1 aromatic heterocycles. The van der Waals surface area contributed by atoms with Gasteiger partial charge in [0.15, 0.2) is 5.96 Å². The molecule has 1 aromatic carbocycles. The number of ether oxygens (including phenoxy) is 1. The molecule has 0 aliphatic carbocycles. The van der Waals surface area contributed by atoms with Crippen molar-refractivity contribution in [3.63, 3.8) is 0 Å². The minimum absolute atomic E-state index is 0.0476. The zero-order chi connectivity index (χ0) is 21.6. The quantitative estimate of drug-likeness (QED) is 0.519. The van der Waals surface area contributed by atoms with Gasteiger partial charge in [-0.15, -0.1) is 0 Å². The van der Waals surface area contributed by atoms with Gasteiger partial charge in [-0.2, -0.15) is 4.31 Å². The van der Waals surface area contributed by atoms with E-state index in [0.717, 1.165) is 11.7 Å². The van der Waals surface area contributed by atoms with Crippen LogP contribution in [0.15, 0.2) is 46.1 Å². The summed E-state index contributed by atoms with van der Waals surface area (Å²) in [6.45, 7) is 6.54. The van der Waals surface area contributed by atoms with Crippen LogP contribution < -0.4 is 10.1 Å². The minimum atomic E-state index is -3.42. The number of hydrogen-bond acceptors (Lipinski definition) is 6. The maximum absolute atomic E-state index is 12.6. The molecule has 1 fully saturated rings. The number of aliphatic imine (C=N–C) groups is 1. The molecule has 1 aliphatic heterocycles. The average Bonchev–Trinajstić information content (AvgIpc) is 3.23. The van der Waals surface area contributed by atoms with Crippen LogP contribution in [0.4, 0.5) is 0 Å². The van der Waals surface area contributed by atoms with Gasteiger partial charge >= 0.3 is 0 Å². The summed E-state index contributed by atoms with van der Waals surface area (Å²) in [6.07, 6.45) is 1.33. The van der Waals surface area contributed by atoms with E-state index < -0.39 is 10.0 Å². The highest BCUT2D eigenvalue weighted by Gasteiger charge is 2.29. The fraction of sp³-hybridized carbons (Fsp3) is 0.500. The number of benzene rings is 1. The summed E-state index contributed by atoms with van der Waals surface area (Å²) in [5.41, 5.74) is 1.60. The van der Waals surface area contributed by atoms with Crippen molar-refractivity contribution in [3.05, 3.63) is 47.9 Å². The normalized spacial score (nSPS) is 17.0. The van der Waals surface area contributed by atoms with Gasteiger partial charge in [0.2, 0.25) is 10.0 Å². The zero-order valence-electron chi connectivity index (χ0n) is 17.6. The molecule has 1 unspecified atom stereocenters. The Morgan fingerprint density at radius 2 is 1.93 bits per heavy atom. The Hall–Kier alpha value is -2.59. The lowest BCUT2D eigenvalue weighted by molar-refractivity contribution is 0.218. The number of guanidine groups is 1. The Balaban J connectivity index is 1.47. The minimum Gasteiger partial charge on any atom is -0.489 e. The van der Waals surface area contributed by atoms with Crippen molar-refractivity contribution in [2.24, 2.45) is 4.99 Å². The Morgan fingerprint density at radius 1 is 1.23 bits per heavy atom. The maximum Gasteiger partial charge on any atom is 0.220 e. The third kappa shape index (κ3) is 5.96. The summed E-state index contributed by atoms with van der Waals surface area (Å²) in [5.74, 6) is 1.42. The standard InChI is InChI=1S/C20H29N5O4S/c1-16-4-6-19(7-5-16)29-17(2)14-22-20(21-3)24-9-11-25(12-10-24)30(26,27)15-18-8-13-28-23-18/h4-8,13,17H,9-12,14-15H2,1-3H3,(H,21,22). The molecule has 2 heterocycles. The highest BCUT2D eigenvalue weighted by Crippen LogP contribution is 2.14. The van der Waals surface area contributed by atoms with Crippen LogP contribution in [-0.2, 0) is 15.8 Å². The lowest BCUT2D eigenvalue weighted by Crippen LogP contribution is -2.54. The Bertz CT molecular complexity index is 921. The van der Waals surface area contributed by atoms with E-state index in [1.54, 1.807) is 13.1 Å². The van der Waals surface area contributed by atoms with Crippen molar-refractivity contribution < 1.29 is 17.7 Å². The predicted molar refractivity (Wildman–Crippen MR) is 115 cm³/mol. The zero-order valence-corrected chi connectivity index (χ0v) is 18.4. The molecule has 1 saturated heterocycles. The van der Waals surface area contributed by atoms with Gasteiger partial charge in [-0.1, -0.05) is 22.9 Å². The monoisotopic (exact) mass is 435 g/mol. The maximum atomic E-state index is 12.6. The van der Waals surface area contributed by atoms with Crippen LogP contribution in [0, 0.1) is 6.92 Å². The summed E-state index contributed by atoms with van der Waals surface area (Å²) in [4.78, 5) is 6.39. The van der Waals surface area contributed by atoms with Crippen molar-refractivity contribution in [1.82, 2.24) is 19.7 Å². The summed E-state index contributed by atoms with van der Waals surface area (Å²) >= 11 is 0. The molecule has 30 heavy (non-hydrogen) atoms. The topological polar surface area (TPSA) is 100 Å². The molecule has 0 amide bonds. The summed E-state index contributed by atoms with van der Waals surface area (Å²) in [5, 5.41) is 7.02. The molecule has 0 bridgehead atoms. The number of piperazine rings is 1. The summed E-state index contributed by atoms with van der Waals surface area (Å²) in [6, 6.07) is 9.52. The number of nitrogens with zero attached hydrogens (tertiary/aromatic N) is 4. The van der Waals surface area contributed by atoms with Gasteiger partial charge in [0.1, 0.15) is 23.9 Å². The Kier molecular flexibility index (Phi) is 7.33. The number of hydrogen-bond donors (Lipinski definition) is 1. The first-order valence-corrected chi connectivity index (χ1v) is 11.5. The molecule has 0 saturated carbocycles. The fourth-order valence-electron chi connectivity index (χ4n) is 3.23. The van der Waals surface area contributed by atoms with Crippen molar-refractivity contribution in [2.45, 2.75) is 25.7 Å². The van der Waals surface area contributed by atoms with Gasteiger partial charge in [0, 0.05) is 39.3 Å². The number of nitrogens with one attached hydrogen (secondary N) is 1. The van der Waals surface area contributed by atoms with Gasteiger partial charge in [-0.25, -0.2) is 8.42 Å². The first kappa shape index (κ1) is 22.1. The smallest absolute Gasteiger partial charge is 0.220 e. The summed E-state index contributed by atoms with van der Waals surface area (Å²) < 4.78 is 37.3. The number of sulfonamides is 1. The van der Waals surface area contributed by atoms with Crippen LogP contribution in [0.1, 0.15) is 18.2 Å². The third-order valence-electron chi connectivity index (χ3n) is 4.87. The second-order valence-electron chi connectivity index (χ2n) is 7.30. The van der Waals surface area contributed by atoms with Crippen molar-refractivity contribution in [1.29, 1.82) is 0 Å². The highest BCUT2D eigenvalue weighted by molar-refractivity contribution is 7.88. The van der Waals surface area contributed by atoms with Crippen LogP contribution >= 0.6 is 0 Å². The molecule has 1 aliphatic rings. The van der Waals surface area contributed by atoms with Crippen molar-refractivity contribution in [2.75, 3.05) is 39.8 Å². The molecular weight excluding hydrogens is 406 g/mol. The second-order valence-corrected chi connectivity index (χ2v) is 9.27. The largest absolute Gasteiger partial charge is 0.489 e. The molecule has 3 rings (SSSR count). The lowest BCUT2D eigenvalue weighted by Gasteiger charge is -2.36. The van der Waals surface area contributed by atoms with E-state index in [-0.39, 0.29) is 11.9 Å². The van der Waals surface area contributed by atoms with Crippen LogP contribution in [0.5, 0.6) is 5.75 Å². The fourth-order valence-corrected chi connectivity index (χ4v) is 4.65. The number of rotatable bonds is 7. The average molecular weight is 436 g/mol. The van der Waals surface area contributed by atoms with Crippen LogP contribution in [0.25, 0.3) is 0 Å². The molecule has 0 radical (unpaired) electrons. The van der Waals surface area contributed by atoms with E-state index in [1.807, 2.05) is 38.1 Å². The first-order chi connectivity index (χ1) is 14.4. The third-order valence-corrected chi connectivity index (χ3v) is 6.68. The van der Waals surface area contributed by atoms with Crippen LogP contribution in [0.3, 0.4) is 0 Å². The highest BCUT2D eigenvalue weighted by atomic mass is 32.2.